The summed E-state index contributed by atoms with van der Waals surface area (Å²) in [4.78, 5) is 6.01. The second kappa shape index (κ2) is 6.32. The Hall–Kier alpha value is -2.87. The van der Waals surface area contributed by atoms with Crippen LogP contribution in [-0.2, 0) is 6.42 Å². The molecule has 1 N–H and O–H groups in total. The van der Waals surface area contributed by atoms with Crippen molar-refractivity contribution in [3.05, 3.63) is 52.3 Å². The van der Waals surface area contributed by atoms with E-state index in [-0.39, 0.29) is 0 Å². The molecule has 0 saturated heterocycles. The zero-order chi connectivity index (χ0) is 16.4. The largest absolute Gasteiger partial charge is 0.368 e. The predicted octanol–water partition coefficient (Wildman–Crippen LogP) is 2.61. The molecule has 0 spiro atoms. The fraction of sp³-hybridized carbons (Fsp3) is 0.188. The number of fused-ring (bicyclic) bond motifs is 1. The van der Waals surface area contributed by atoms with Gasteiger partial charge in [-0.2, -0.15) is 0 Å². The average Bonchev–Trinajstić information content (AvgIpc) is 3.21. The Morgan fingerprint density at radius 2 is 2.00 bits per heavy atom. The first-order valence-corrected chi connectivity index (χ1v) is 8.42. The van der Waals surface area contributed by atoms with Crippen molar-refractivity contribution in [1.82, 2.24) is 30.2 Å². The zero-order valence-electron chi connectivity index (χ0n) is 13.0. The topological polar surface area (TPSA) is 80.9 Å². The van der Waals surface area contributed by atoms with E-state index in [1.807, 2.05) is 30.3 Å². The van der Waals surface area contributed by atoms with Crippen LogP contribution in [0.5, 0.6) is 0 Å². The van der Waals surface area contributed by atoms with Gasteiger partial charge in [-0.25, -0.2) is 4.98 Å². The zero-order valence-corrected chi connectivity index (χ0v) is 13.9. The van der Waals surface area contributed by atoms with Crippen LogP contribution in [-0.4, -0.2) is 36.8 Å². The maximum atomic E-state index is 4.77. The average molecular weight is 337 g/mol. The maximum Gasteiger partial charge on any atom is 0.200 e. The molecule has 3 aromatic heterocycles. The minimum absolute atomic E-state index is 0.628. The second-order valence-corrected chi connectivity index (χ2v) is 6.59. The van der Waals surface area contributed by atoms with Crippen LogP contribution in [0.3, 0.4) is 0 Å². The Kier molecular flexibility index (Phi) is 3.87. The summed E-state index contributed by atoms with van der Waals surface area (Å²) >= 11 is 1.74. The molecule has 4 rings (SSSR count). The van der Waals surface area contributed by atoms with Gasteiger partial charge in [-0.3, -0.25) is 0 Å². The lowest BCUT2D eigenvalue weighted by molar-refractivity contribution is 0.733. The standard InChI is InChI=1S/C16H15N7S/c1-11-16(12-5-3-2-4-6-12)18-15(24-11)9-10-17-13-7-8-14-19-21-22-23(14)20-13/h2-8H,9-10H2,1H3,(H,17,20). The van der Waals surface area contributed by atoms with Crippen LogP contribution in [0.4, 0.5) is 5.82 Å². The first-order chi connectivity index (χ1) is 11.8. The van der Waals surface area contributed by atoms with Gasteiger partial charge in [0.25, 0.3) is 0 Å². The highest BCUT2D eigenvalue weighted by Crippen LogP contribution is 2.27. The van der Waals surface area contributed by atoms with E-state index in [2.05, 4.69) is 45.0 Å². The summed E-state index contributed by atoms with van der Waals surface area (Å²) in [6.07, 6.45) is 0.841. The highest BCUT2D eigenvalue weighted by atomic mass is 32.1. The van der Waals surface area contributed by atoms with Crippen LogP contribution >= 0.6 is 11.3 Å². The molecule has 0 atom stereocenters. The highest BCUT2D eigenvalue weighted by Gasteiger charge is 2.09. The first-order valence-electron chi connectivity index (χ1n) is 7.60. The summed E-state index contributed by atoms with van der Waals surface area (Å²) in [5, 5.41) is 19.9. The molecule has 0 unspecified atom stereocenters. The molecule has 0 saturated carbocycles. The third-order valence-electron chi connectivity index (χ3n) is 3.60. The lowest BCUT2D eigenvalue weighted by Gasteiger charge is -2.03. The molecular weight excluding hydrogens is 322 g/mol. The molecule has 0 radical (unpaired) electrons. The molecule has 0 aliphatic rings. The number of aryl methyl sites for hydroxylation is 1. The van der Waals surface area contributed by atoms with Gasteiger partial charge in [0.15, 0.2) is 5.65 Å². The van der Waals surface area contributed by atoms with E-state index in [0.717, 1.165) is 35.0 Å². The van der Waals surface area contributed by atoms with Gasteiger partial charge in [0.2, 0.25) is 0 Å². The number of rotatable bonds is 5. The maximum absolute atomic E-state index is 4.77. The minimum atomic E-state index is 0.628. The number of tetrazole rings is 1. The molecule has 7 nitrogen and oxygen atoms in total. The predicted molar refractivity (Wildman–Crippen MR) is 93.1 cm³/mol. The molecule has 3 heterocycles. The smallest absolute Gasteiger partial charge is 0.200 e. The van der Waals surface area contributed by atoms with Gasteiger partial charge in [0.1, 0.15) is 5.82 Å². The van der Waals surface area contributed by atoms with E-state index >= 15 is 0 Å². The molecule has 0 fully saturated rings. The Bertz CT molecular complexity index is 961. The van der Waals surface area contributed by atoms with Crippen LogP contribution in [0.1, 0.15) is 9.88 Å². The Morgan fingerprint density at radius 1 is 1.12 bits per heavy atom. The summed E-state index contributed by atoms with van der Waals surface area (Å²) in [6, 6.07) is 14.0. The summed E-state index contributed by atoms with van der Waals surface area (Å²) in [7, 11) is 0. The molecule has 120 valence electrons. The van der Waals surface area contributed by atoms with Crippen LogP contribution in [0, 0.1) is 6.92 Å². The van der Waals surface area contributed by atoms with Crippen molar-refractivity contribution in [2.45, 2.75) is 13.3 Å². The Balaban J connectivity index is 1.42. The van der Waals surface area contributed by atoms with Gasteiger partial charge < -0.3 is 5.32 Å². The van der Waals surface area contributed by atoms with Crippen molar-refractivity contribution < 1.29 is 0 Å². The van der Waals surface area contributed by atoms with E-state index < -0.39 is 0 Å². The van der Waals surface area contributed by atoms with Gasteiger partial charge in [-0.1, -0.05) is 30.3 Å². The van der Waals surface area contributed by atoms with Gasteiger partial charge >= 0.3 is 0 Å². The van der Waals surface area contributed by atoms with E-state index in [1.165, 1.54) is 9.51 Å². The number of hydrogen-bond acceptors (Lipinski definition) is 7. The van der Waals surface area contributed by atoms with Crippen molar-refractivity contribution in [2.75, 3.05) is 11.9 Å². The van der Waals surface area contributed by atoms with Crippen LogP contribution in [0.2, 0.25) is 0 Å². The molecule has 24 heavy (non-hydrogen) atoms. The molecule has 0 bridgehead atoms. The molecule has 8 heteroatoms. The van der Waals surface area contributed by atoms with E-state index in [1.54, 1.807) is 11.3 Å². The molecule has 1 aromatic carbocycles. The lowest BCUT2D eigenvalue weighted by atomic mass is 10.1. The van der Waals surface area contributed by atoms with Gasteiger partial charge in [0.05, 0.1) is 10.7 Å². The van der Waals surface area contributed by atoms with E-state index in [9.17, 15) is 0 Å². The van der Waals surface area contributed by atoms with Crippen molar-refractivity contribution in [1.29, 1.82) is 0 Å². The van der Waals surface area contributed by atoms with Gasteiger partial charge in [-0.15, -0.1) is 26.2 Å². The number of nitrogens with zero attached hydrogens (tertiary/aromatic N) is 6. The van der Waals surface area contributed by atoms with Crippen LogP contribution in [0.25, 0.3) is 16.9 Å². The number of hydrogen-bond donors (Lipinski definition) is 1. The third kappa shape index (κ3) is 2.95. The summed E-state index contributed by atoms with van der Waals surface area (Å²) < 4.78 is 1.41. The van der Waals surface area contributed by atoms with Crippen molar-refractivity contribution >= 4 is 22.8 Å². The summed E-state index contributed by atoms with van der Waals surface area (Å²) in [5.41, 5.74) is 2.86. The first kappa shape index (κ1) is 14.7. The van der Waals surface area contributed by atoms with Crippen molar-refractivity contribution in [3.63, 3.8) is 0 Å². The Labute approximate surface area is 142 Å². The van der Waals surface area contributed by atoms with E-state index in [0.29, 0.717) is 5.65 Å². The number of aromatic nitrogens is 6. The normalized spacial score (nSPS) is 11.0. The molecule has 0 amide bonds. The van der Waals surface area contributed by atoms with Crippen molar-refractivity contribution in [3.8, 4) is 11.3 Å². The van der Waals surface area contributed by atoms with Crippen LogP contribution < -0.4 is 5.32 Å². The van der Waals surface area contributed by atoms with Gasteiger partial charge in [0, 0.05) is 23.4 Å². The SMILES string of the molecule is Cc1sc(CCNc2ccc3nnnn3n2)nc1-c1ccccc1. The Morgan fingerprint density at radius 3 is 2.88 bits per heavy atom. The number of nitrogens with one attached hydrogen (secondary N) is 1. The number of anilines is 1. The third-order valence-corrected chi connectivity index (χ3v) is 4.63. The minimum Gasteiger partial charge on any atom is -0.368 e. The highest BCUT2D eigenvalue weighted by molar-refractivity contribution is 7.12. The second-order valence-electron chi connectivity index (χ2n) is 5.30. The summed E-state index contributed by atoms with van der Waals surface area (Å²) in [6.45, 7) is 2.87. The fourth-order valence-electron chi connectivity index (χ4n) is 2.46. The summed E-state index contributed by atoms with van der Waals surface area (Å²) in [5.74, 6) is 0.742. The van der Waals surface area contributed by atoms with Gasteiger partial charge in [-0.05, 0) is 29.5 Å². The molecule has 0 aliphatic carbocycles. The number of benzene rings is 1. The number of thiazole rings is 1. The molecule has 0 aliphatic heterocycles. The quantitative estimate of drug-likeness (QED) is 0.603. The molecular formula is C16H15N7S. The van der Waals surface area contributed by atoms with Crippen LogP contribution in [0.15, 0.2) is 42.5 Å². The molecule has 4 aromatic rings. The monoisotopic (exact) mass is 337 g/mol. The van der Waals surface area contributed by atoms with Crippen molar-refractivity contribution in [2.24, 2.45) is 0 Å². The fourth-order valence-corrected chi connectivity index (χ4v) is 3.42. The van der Waals surface area contributed by atoms with E-state index in [4.69, 9.17) is 4.98 Å². The lowest BCUT2D eigenvalue weighted by Crippen LogP contribution is -2.08.